The number of anilines is 1. The first-order valence-electron chi connectivity index (χ1n) is 10.1. The number of aromatic nitrogens is 4. The monoisotopic (exact) mass is 485 g/mol. The number of hydrogen-bond donors (Lipinski definition) is 1. The molecule has 8 nitrogen and oxygen atoms in total. The summed E-state index contributed by atoms with van der Waals surface area (Å²) in [6.45, 7) is 6.18. The maximum absolute atomic E-state index is 12.8. The summed E-state index contributed by atoms with van der Waals surface area (Å²) in [6.07, 6.45) is 1.50. The van der Waals surface area contributed by atoms with Crippen molar-refractivity contribution in [3.63, 3.8) is 0 Å². The van der Waals surface area contributed by atoms with E-state index in [-0.39, 0.29) is 18.2 Å². The van der Waals surface area contributed by atoms with E-state index in [1.165, 1.54) is 6.33 Å². The molecule has 4 aromatic rings. The van der Waals surface area contributed by atoms with Crippen molar-refractivity contribution in [1.82, 2.24) is 19.9 Å². The van der Waals surface area contributed by atoms with Crippen LogP contribution in [0.3, 0.4) is 0 Å². The Morgan fingerprint density at radius 3 is 2.64 bits per heavy atom. The number of hydrogen-bond acceptors (Lipinski definition) is 6. The molecule has 33 heavy (non-hydrogen) atoms. The number of aryl methyl sites for hydroxylation is 3. The summed E-state index contributed by atoms with van der Waals surface area (Å²) in [5, 5.41) is 11.9. The highest BCUT2D eigenvalue weighted by Crippen LogP contribution is 2.25. The number of amides is 1. The molecular weight excluding hydrogens is 465 g/mol. The van der Waals surface area contributed by atoms with Crippen molar-refractivity contribution in [2.75, 3.05) is 5.32 Å². The molecule has 2 aromatic heterocycles. The molecule has 0 unspecified atom stereocenters. The van der Waals surface area contributed by atoms with E-state index >= 15 is 0 Å². The zero-order valence-electron chi connectivity index (χ0n) is 18.2. The molecule has 170 valence electrons. The molecule has 0 bridgehead atoms. The van der Waals surface area contributed by atoms with Crippen molar-refractivity contribution >= 4 is 35.1 Å². The Hall–Kier alpha value is -3.36. The van der Waals surface area contributed by atoms with Crippen molar-refractivity contribution in [1.29, 1.82) is 0 Å². The first-order chi connectivity index (χ1) is 15.8. The van der Waals surface area contributed by atoms with Gasteiger partial charge < -0.3 is 9.26 Å². The highest BCUT2D eigenvalue weighted by Gasteiger charge is 2.22. The predicted molar refractivity (Wildman–Crippen MR) is 125 cm³/mol. The van der Waals surface area contributed by atoms with Crippen LogP contribution < -0.4 is 10.1 Å². The van der Waals surface area contributed by atoms with Gasteiger partial charge in [0.1, 0.15) is 24.4 Å². The SMILES string of the molecule is Cc1cccc(C)c1OCc1c(C(=O)Nc2ncn(Cc3ccc(Cl)cc3Cl)n2)noc1C. The highest BCUT2D eigenvalue weighted by molar-refractivity contribution is 6.35. The maximum atomic E-state index is 12.8. The summed E-state index contributed by atoms with van der Waals surface area (Å²) in [7, 11) is 0. The fourth-order valence-electron chi connectivity index (χ4n) is 3.32. The summed E-state index contributed by atoms with van der Waals surface area (Å²) < 4.78 is 12.8. The Labute approximate surface area is 200 Å². The quantitative estimate of drug-likeness (QED) is 0.377. The Morgan fingerprint density at radius 2 is 1.91 bits per heavy atom. The van der Waals surface area contributed by atoms with Crippen LogP contribution in [0, 0.1) is 20.8 Å². The van der Waals surface area contributed by atoms with Gasteiger partial charge in [0.2, 0.25) is 5.95 Å². The Balaban J connectivity index is 1.45. The van der Waals surface area contributed by atoms with Crippen molar-refractivity contribution in [2.45, 2.75) is 33.9 Å². The number of carbonyl (C=O) groups excluding carboxylic acids is 1. The highest BCUT2D eigenvalue weighted by atomic mass is 35.5. The molecule has 2 aromatic carbocycles. The maximum Gasteiger partial charge on any atom is 0.280 e. The number of ether oxygens (including phenoxy) is 1. The summed E-state index contributed by atoms with van der Waals surface area (Å²) in [6, 6.07) is 11.1. The van der Waals surface area contributed by atoms with Gasteiger partial charge in [-0.2, -0.15) is 0 Å². The lowest BCUT2D eigenvalue weighted by Gasteiger charge is -2.11. The van der Waals surface area contributed by atoms with E-state index in [9.17, 15) is 4.79 Å². The number of halogens is 2. The largest absolute Gasteiger partial charge is 0.488 e. The molecule has 0 aliphatic rings. The fraction of sp³-hybridized carbons (Fsp3) is 0.217. The number of nitrogens with zero attached hydrogens (tertiary/aromatic N) is 4. The van der Waals surface area contributed by atoms with Crippen LogP contribution in [0.25, 0.3) is 0 Å². The minimum absolute atomic E-state index is 0.121. The van der Waals surface area contributed by atoms with E-state index in [2.05, 4.69) is 20.6 Å². The lowest BCUT2D eigenvalue weighted by Crippen LogP contribution is -2.17. The smallest absolute Gasteiger partial charge is 0.280 e. The lowest BCUT2D eigenvalue weighted by atomic mass is 10.1. The number of carbonyl (C=O) groups is 1. The first kappa shape index (κ1) is 22.8. The van der Waals surface area contributed by atoms with Crippen molar-refractivity contribution < 1.29 is 14.1 Å². The number of para-hydroxylation sites is 1. The molecule has 0 fully saturated rings. The summed E-state index contributed by atoms with van der Waals surface area (Å²) in [5.74, 6) is 0.912. The number of rotatable bonds is 7. The molecule has 0 spiro atoms. The molecule has 10 heteroatoms. The third-order valence-corrected chi connectivity index (χ3v) is 5.67. The second-order valence-corrected chi connectivity index (χ2v) is 8.37. The Kier molecular flexibility index (Phi) is 6.67. The average molecular weight is 486 g/mol. The predicted octanol–water partition coefficient (Wildman–Crippen LogP) is 5.38. The van der Waals surface area contributed by atoms with Crippen molar-refractivity contribution in [3.05, 3.63) is 86.5 Å². The molecule has 4 rings (SSSR count). The molecule has 0 saturated carbocycles. The summed E-state index contributed by atoms with van der Waals surface area (Å²) >= 11 is 12.2. The van der Waals surface area contributed by atoms with Crippen LogP contribution in [-0.4, -0.2) is 25.8 Å². The Morgan fingerprint density at radius 1 is 1.15 bits per heavy atom. The van der Waals surface area contributed by atoms with Gasteiger partial charge in [-0.3, -0.25) is 10.1 Å². The van der Waals surface area contributed by atoms with E-state index in [0.29, 0.717) is 27.9 Å². The van der Waals surface area contributed by atoms with Crippen LogP contribution in [-0.2, 0) is 13.2 Å². The molecule has 1 amide bonds. The molecule has 0 aliphatic heterocycles. The van der Waals surface area contributed by atoms with Crippen LogP contribution in [0.4, 0.5) is 5.95 Å². The molecule has 0 saturated heterocycles. The minimum atomic E-state index is -0.491. The molecule has 0 radical (unpaired) electrons. The van der Waals surface area contributed by atoms with Gasteiger partial charge in [0.05, 0.1) is 12.1 Å². The molecule has 1 N–H and O–H groups in total. The van der Waals surface area contributed by atoms with Crippen molar-refractivity contribution in [2.24, 2.45) is 0 Å². The first-order valence-corrected chi connectivity index (χ1v) is 10.9. The van der Waals surface area contributed by atoms with Gasteiger partial charge >= 0.3 is 0 Å². The van der Waals surface area contributed by atoms with E-state index < -0.39 is 5.91 Å². The van der Waals surface area contributed by atoms with Crippen LogP contribution in [0.1, 0.15) is 38.5 Å². The van der Waals surface area contributed by atoms with Gasteiger partial charge in [0, 0.05) is 10.0 Å². The van der Waals surface area contributed by atoms with Crippen LogP contribution in [0.15, 0.2) is 47.2 Å². The van der Waals surface area contributed by atoms with Gasteiger partial charge in [-0.25, -0.2) is 9.67 Å². The Bertz CT molecular complexity index is 1300. The molecule has 2 heterocycles. The van der Waals surface area contributed by atoms with E-state index in [0.717, 1.165) is 22.4 Å². The van der Waals surface area contributed by atoms with Crippen molar-refractivity contribution in [3.8, 4) is 5.75 Å². The molecule has 0 aliphatic carbocycles. The number of benzene rings is 2. The van der Waals surface area contributed by atoms with Gasteiger partial charge in [0.15, 0.2) is 5.69 Å². The molecule has 0 atom stereocenters. The van der Waals surface area contributed by atoms with Crippen LogP contribution in [0.2, 0.25) is 10.0 Å². The fourth-order valence-corrected chi connectivity index (χ4v) is 3.79. The normalized spacial score (nSPS) is 10.9. The topological polar surface area (TPSA) is 95.1 Å². The van der Waals surface area contributed by atoms with Crippen LogP contribution in [0.5, 0.6) is 5.75 Å². The van der Waals surface area contributed by atoms with Gasteiger partial charge in [-0.05, 0) is 49.6 Å². The van der Waals surface area contributed by atoms with E-state index in [4.69, 9.17) is 32.5 Å². The number of nitrogens with one attached hydrogen (secondary N) is 1. The van der Waals surface area contributed by atoms with Gasteiger partial charge in [0.25, 0.3) is 5.91 Å². The standard InChI is InChI=1S/C23H21Cl2N5O3/c1-13-5-4-6-14(2)21(13)32-11-18-15(3)33-29-20(18)22(31)27-23-26-12-30(28-23)10-16-7-8-17(24)9-19(16)25/h4-9,12H,10-11H2,1-3H3,(H,27,28,31). The van der Waals surface area contributed by atoms with E-state index in [1.807, 2.05) is 38.1 Å². The third kappa shape index (κ3) is 5.18. The second-order valence-electron chi connectivity index (χ2n) is 7.53. The van der Waals surface area contributed by atoms with Crippen LogP contribution >= 0.6 is 23.2 Å². The summed E-state index contributed by atoms with van der Waals surface area (Å²) in [5.41, 5.74) is 3.51. The summed E-state index contributed by atoms with van der Waals surface area (Å²) in [4.78, 5) is 17.0. The zero-order chi connectivity index (χ0) is 23.5. The van der Waals surface area contributed by atoms with E-state index in [1.54, 1.807) is 23.7 Å². The second kappa shape index (κ2) is 9.64. The zero-order valence-corrected chi connectivity index (χ0v) is 19.7. The van der Waals surface area contributed by atoms with Gasteiger partial charge in [-0.1, -0.05) is 52.6 Å². The average Bonchev–Trinajstić information content (AvgIpc) is 3.36. The molecular formula is C23H21Cl2N5O3. The minimum Gasteiger partial charge on any atom is -0.488 e. The lowest BCUT2D eigenvalue weighted by molar-refractivity contribution is 0.101. The third-order valence-electron chi connectivity index (χ3n) is 5.08. The van der Waals surface area contributed by atoms with Gasteiger partial charge in [-0.15, -0.1) is 5.10 Å².